The summed E-state index contributed by atoms with van der Waals surface area (Å²) < 4.78 is 5.06. The van der Waals surface area contributed by atoms with Crippen LogP contribution in [-0.2, 0) is 4.74 Å². The van der Waals surface area contributed by atoms with Crippen molar-refractivity contribution >= 4 is 28.3 Å². The van der Waals surface area contributed by atoms with Crippen LogP contribution in [0.3, 0.4) is 0 Å². The number of amides is 2. The van der Waals surface area contributed by atoms with Crippen molar-refractivity contribution in [1.29, 1.82) is 0 Å². The van der Waals surface area contributed by atoms with E-state index in [9.17, 15) is 9.59 Å². The number of ether oxygens (including phenoxy) is 1. The molecule has 0 aliphatic carbocycles. The van der Waals surface area contributed by atoms with E-state index in [1.165, 1.54) is 17.8 Å². The third kappa shape index (κ3) is 3.50. The first-order valence-electron chi connectivity index (χ1n) is 8.16. The number of hydrogen-bond acceptors (Lipinski definition) is 5. The quantitative estimate of drug-likeness (QED) is 0.861. The number of rotatable bonds is 3. The van der Waals surface area contributed by atoms with Crippen molar-refractivity contribution < 1.29 is 14.3 Å². The maximum absolute atomic E-state index is 12.5. The minimum Gasteiger partial charge on any atom is -0.462 e. The fourth-order valence-corrected chi connectivity index (χ4v) is 4.21. The van der Waals surface area contributed by atoms with Crippen molar-refractivity contribution in [2.45, 2.75) is 32.7 Å². The first-order chi connectivity index (χ1) is 11.1. The maximum atomic E-state index is 12.5. The van der Waals surface area contributed by atoms with Gasteiger partial charge in [-0.25, -0.2) is 9.59 Å². The van der Waals surface area contributed by atoms with E-state index >= 15 is 0 Å². The van der Waals surface area contributed by atoms with Gasteiger partial charge >= 0.3 is 12.0 Å². The van der Waals surface area contributed by atoms with Gasteiger partial charge in [0.1, 0.15) is 5.00 Å². The Balaban J connectivity index is 1.67. The zero-order valence-corrected chi connectivity index (χ0v) is 14.4. The highest BCUT2D eigenvalue weighted by molar-refractivity contribution is 7.16. The molecular weight excluding hydrogens is 314 g/mol. The Morgan fingerprint density at radius 1 is 1.39 bits per heavy atom. The van der Waals surface area contributed by atoms with Crippen molar-refractivity contribution in [1.82, 2.24) is 9.80 Å². The molecule has 1 atom stereocenters. The fraction of sp³-hybridized carbons (Fsp3) is 0.625. The van der Waals surface area contributed by atoms with Gasteiger partial charge in [0.25, 0.3) is 0 Å². The Morgan fingerprint density at radius 2 is 2.22 bits per heavy atom. The minimum absolute atomic E-state index is 0.121. The van der Waals surface area contributed by atoms with Gasteiger partial charge in [-0.15, -0.1) is 11.3 Å². The lowest BCUT2D eigenvalue weighted by atomic mass is 10.2. The van der Waals surface area contributed by atoms with E-state index in [2.05, 4.69) is 10.2 Å². The molecule has 2 aliphatic rings. The summed E-state index contributed by atoms with van der Waals surface area (Å²) in [6.45, 7) is 7.61. The topological polar surface area (TPSA) is 61.9 Å². The van der Waals surface area contributed by atoms with Crippen LogP contribution in [0.25, 0.3) is 0 Å². The Labute approximate surface area is 140 Å². The molecule has 2 amide bonds. The van der Waals surface area contributed by atoms with Crippen molar-refractivity contribution in [3.05, 3.63) is 16.5 Å². The standard InChI is InChI=1S/C16H23N3O3S/c1-3-22-15(20)13-9-11(2)23-14(13)17-16(21)19-8-7-18-6-4-5-12(18)10-19/h9,12H,3-8,10H2,1-2H3,(H,17,21)/t12-/m0/s1. The summed E-state index contributed by atoms with van der Waals surface area (Å²) in [5.74, 6) is -0.382. The number of hydrogen-bond donors (Lipinski definition) is 1. The summed E-state index contributed by atoms with van der Waals surface area (Å²) in [5, 5.41) is 3.49. The molecule has 6 nitrogen and oxygen atoms in total. The van der Waals surface area contributed by atoms with E-state index < -0.39 is 0 Å². The number of nitrogens with one attached hydrogen (secondary N) is 1. The molecule has 0 aromatic carbocycles. The lowest BCUT2D eigenvalue weighted by Gasteiger charge is -2.37. The molecule has 1 aromatic heterocycles. The summed E-state index contributed by atoms with van der Waals surface area (Å²) in [4.78, 5) is 29.8. The second-order valence-electron chi connectivity index (χ2n) is 6.03. The largest absolute Gasteiger partial charge is 0.462 e. The van der Waals surface area contributed by atoms with Gasteiger partial charge in [0, 0.05) is 30.6 Å². The predicted octanol–water partition coefficient (Wildman–Crippen LogP) is 2.55. The summed E-state index contributed by atoms with van der Waals surface area (Å²) in [5.41, 5.74) is 0.446. The molecule has 3 heterocycles. The second kappa shape index (κ2) is 6.88. The summed E-state index contributed by atoms with van der Waals surface area (Å²) >= 11 is 1.41. The average molecular weight is 337 g/mol. The van der Waals surface area contributed by atoms with Crippen LogP contribution in [0.4, 0.5) is 9.80 Å². The van der Waals surface area contributed by atoms with Crippen LogP contribution in [0.1, 0.15) is 35.0 Å². The fourth-order valence-electron chi connectivity index (χ4n) is 3.32. The van der Waals surface area contributed by atoms with Gasteiger partial charge in [-0.05, 0) is 39.3 Å². The molecule has 1 N–H and O–H groups in total. The molecule has 0 bridgehead atoms. The highest BCUT2D eigenvalue weighted by Crippen LogP contribution is 2.29. The number of nitrogens with zero attached hydrogens (tertiary/aromatic N) is 2. The van der Waals surface area contributed by atoms with E-state index in [0.29, 0.717) is 23.2 Å². The Kier molecular flexibility index (Phi) is 4.87. The zero-order valence-electron chi connectivity index (χ0n) is 13.6. The molecule has 2 saturated heterocycles. The number of esters is 1. The van der Waals surface area contributed by atoms with Crippen LogP contribution < -0.4 is 5.32 Å². The molecule has 0 unspecified atom stereocenters. The van der Waals surface area contributed by atoms with E-state index in [1.807, 2.05) is 11.8 Å². The monoisotopic (exact) mass is 337 g/mol. The van der Waals surface area contributed by atoms with Crippen molar-refractivity contribution in [3.63, 3.8) is 0 Å². The molecule has 0 saturated carbocycles. The number of carbonyl (C=O) groups excluding carboxylic acids is 2. The van der Waals surface area contributed by atoms with Gasteiger partial charge in [-0.2, -0.15) is 0 Å². The van der Waals surface area contributed by atoms with Crippen LogP contribution in [-0.4, -0.2) is 60.6 Å². The minimum atomic E-state index is -0.382. The molecule has 0 spiro atoms. The molecule has 1 aromatic rings. The van der Waals surface area contributed by atoms with E-state index in [-0.39, 0.29) is 12.0 Å². The number of anilines is 1. The van der Waals surface area contributed by atoms with Crippen LogP contribution >= 0.6 is 11.3 Å². The van der Waals surface area contributed by atoms with Crippen molar-refractivity contribution in [2.75, 3.05) is 38.1 Å². The van der Waals surface area contributed by atoms with Crippen LogP contribution in [0, 0.1) is 6.92 Å². The van der Waals surface area contributed by atoms with Gasteiger partial charge in [0.2, 0.25) is 0 Å². The number of fused-ring (bicyclic) bond motifs is 1. The lowest BCUT2D eigenvalue weighted by Crippen LogP contribution is -2.53. The predicted molar refractivity (Wildman–Crippen MR) is 90.2 cm³/mol. The smallest absolute Gasteiger partial charge is 0.341 e. The first kappa shape index (κ1) is 16.3. The third-order valence-electron chi connectivity index (χ3n) is 4.45. The van der Waals surface area contributed by atoms with E-state index in [1.54, 1.807) is 13.0 Å². The van der Waals surface area contributed by atoms with Crippen molar-refractivity contribution in [2.24, 2.45) is 0 Å². The van der Waals surface area contributed by atoms with E-state index in [0.717, 1.165) is 37.5 Å². The molecule has 3 rings (SSSR count). The molecule has 23 heavy (non-hydrogen) atoms. The van der Waals surface area contributed by atoms with E-state index in [4.69, 9.17) is 4.74 Å². The highest BCUT2D eigenvalue weighted by Gasteiger charge is 2.33. The first-order valence-corrected chi connectivity index (χ1v) is 8.97. The van der Waals surface area contributed by atoms with Crippen LogP contribution in [0.5, 0.6) is 0 Å². The summed E-state index contributed by atoms with van der Waals surface area (Å²) in [7, 11) is 0. The zero-order chi connectivity index (χ0) is 16.4. The lowest BCUT2D eigenvalue weighted by molar-refractivity contribution is 0.0528. The van der Waals surface area contributed by atoms with Gasteiger partial charge in [0.05, 0.1) is 12.2 Å². The number of aryl methyl sites for hydroxylation is 1. The highest BCUT2D eigenvalue weighted by atomic mass is 32.1. The molecule has 126 valence electrons. The SMILES string of the molecule is CCOC(=O)c1cc(C)sc1NC(=O)N1CCN2CCC[C@H]2C1. The summed E-state index contributed by atoms with van der Waals surface area (Å²) in [6.07, 6.45) is 2.38. The summed E-state index contributed by atoms with van der Waals surface area (Å²) in [6, 6.07) is 2.14. The molecule has 2 aliphatic heterocycles. The Bertz CT molecular complexity index is 601. The number of urea groups is 1. The molecule has 2 fully saturated rings. The maximum Gasteiger partial charge on any atom is 0.341 e. The second-order valence-corrected chi connectivity index (χ2v) is 7.28. The number of carbonyl (C=O) groups is 2. The normalized spacial score (nSPS) is 21.1. The third-order valence-corrected chi connectivity index (χ3v) is 5.41. The van der Waals surface area contributed by atoms with Gasteiger partial charge < -0.3 is 9.64 Å². The molecule has 0 radical (unpaired) electrons. The van der Waals surface area contributed by atoms with Gasteiger partial charge in [-0.3, -0.25) is 10.2 Å². The average Bonchev–Trinajstić information content (AvgIpc) is 3.13. The van der Waals surface area contributed by atoms with Crippen LogP contribution in [0.15, 0.2) is 6.07 Å². The molecule has 7 heteroatoms. The number of thiophene rings is 1. The number of piperazine rings is 1. The molecular formula is C16H23N3O3S. The Morgan fingerprint density at radius 3 is 3.00 bits per heavy atom. The van der Waals surface area contributed by atoms with Crippen molar-refractivity contribution in [3.8, 4) is 0 Å². The van der Waals surface area contributed by atoms with Gasteiger partial charge in [-0.1, -0.05) is 0 Å². The Hall–Kier alpha value is -1.60. The van der Waals surface area contributed by atoms with Crippen LogP contribution in [0.2, 0.25) is 0 Å². The van der Waals surface area contributed by atoms with Gasteiger partial charge in [0.15, 0.2) is 0 Å².